The summed E-state index contributed by atoms with van der Waals surface area (Å²) in [7, 11) is 0. The Bertz CT molecular complexity index is 2180. The lowest BCUT2D eigenvalue weighted by Crippen LogP contribution is -2.59. The first-order valence-electron chi connectivity index (χ1n) is 27.4. The van der Waals surface area contributed by atoms with Crippen LogP contribution < -0.4 is 53.2 Å². The molecular weight excluding hydrogens is 1080 g/mol. The van der Waals surface area contributed by atoms with Crippen LogP contribution in [0.2, 0.25) is 0 Å². The van der Waals surface area contributed by atoms with Gasteiger partial charge < -0.3 is 63.0 Å². The molecule has 1 saturated heterocycles. The number of carbonyl (C=O) groups is 13. The maximum atomic E-state index is 14.0. The molecular formula is C51H87N13O18. The van der Waals surface area contributed by atoms with Crippen LogP contribution in [0.15, 0.2) is 12.2 Å². The molecule has 1 aliphatic rings. The van der Waals surface area contributed by atoms with Crippen LogP contribution in [-0.4, -0.2) is 214 Å². The minimum Gasteiger partial charge on any atom is -0.462 e. The molecule has 0 radical (unpaired) electrons. The van der Waals surface area contributed by atoms with Crippen LogP contribution >= 0.6 is 0 Å². The number of cyclic esters (lactones) is 1. The van der Waals surface area contributed by atoms with E-state index in [0.717, 1.165) is 46.5 Å². The molecule has 0 bridgehead atoms. The first-order chi connectivity index (χ1) is 38.7. The van der Waals surface area contributed by atoms with E-state index >= 15 is 0 Å². The third kappa shape index (κ3) is 30.5. The highest BCUT2D eigenvalue weighted by Gasteiger charge is 2.32. The Labute approximate surface area is 476 Å². The zero-order valence-electron chi connectivity index (χ0n) is 48.0. The average molecular weight is 1170 g/mol. The second kappa shape index (κ2) is 39.9. The number of amides is 12. The van der Waals surface area contributed by atoms with Crippen LogP contribution in [0.25, 0.3) is 0 Å². The van der Waals surface area contributed by atoms with Crippen molar-refractivity contribution in [3.63, 3.8) is 0 Å². The van der Waals surface area contributed by atoms with E-state index in [0.29, 0.717) is 21.6 Å². The van der Waals surface area contributed by atoms with E-state index in [-0.39, 0.29) is 71.1 Å². The highest BCUT2D eigenvalue weighted by atomic mass is 16.5. The van der Waals surface area contributed by atoms with Crippen molar-refractivity contribution in [2.45, 2.75) is 168 Å². The van der Waals surface area contributed by atoms with Crippen LogP contribution in [0.5, 0.6) is 0 Å². The van der Waals surface area contributed by atoms with Gasteiger partial charge in [-0.25, -0.2) is 15.2 Å². The van der Waals surface area contributed by atoms with Gasteiger partial charge in [0.15, 0.2) is 0 Å². The monoisotopic (exact) mass is 1170 g/mol. The lowest BCUT2D eigenvalue weighted by atomic mass is 10.0. The molecule has 1 rings (SSSR count). The summed E-state index contributed by atoms with van der Waals surface area (Å²) in [5.41, 5.74) is 0. The van der Waals surface area contributed by atoms with Gasteiger partial charge in [0.1, 0.15) is 43.4 Å². The van der Waals surface area contributed by atoms with E-state index in [4.69, 9.17) is 4.74 Å². The van der Waals surface area contributed by atoms with Gasteiger partial charge in [-0.15, -0.1) is 0 Å². The molecule has 12 amide bonds. The number of hydrogen-bond donors (Lipinski definition) is 14. The van der Waals surface area contributed by atoms with Crippen LogP contribution in [0.4, 0.5) is 0 Å². The van der Waals surface area contributed by atoms with Gasteiger partial charge in [0.05, 0.1) is 25.7 Å². The molecule has 1 heterocycles. The number of hydroxylamine groups is 6. The Balaban J connectivity index is 3.74. The number of esters is 1. The van der Waals surface area contributed by atoms with Gasteiger partial charge in [-0.05, 0) is 64.2 Å². The molecule has 0 spiro atoms. The second-order valence-electron chi connectivity index (χ2n) is 19.9. The number of rotatable bonds is 22. The lowest BCUT2D eigenvalue weighted by Gasteiger charge is -2.27. The molecule has 464 valence electrons. The third-order valence-corrected chi connectivity index (χ3v) is 12.5. The number of unbranched alkanes of at least 4 members (excludes halogenated alkanes) is 4. The molecule has 3 unspecified atom stereocenters. The number of nitrogens with one attached hydrogen (secondary N) is 10. The summed E-state index contributed by atoms with van der Waals surface area (Å²) in [6.07, 6.45) is 7.18. The first kappa shape index (κ1) is 72.7. The summed E-state index contributed by atoms with van der Waals surface area (Å²) >= 11 is 0. The van der Waals surface area contributed by atoms with Gasteiger partial charge in [-0.1, -0.05) is 52.2 Å². The Hall–Kier alpha value is -7.35. The highest BCUT2D eigenvalue weighted by Crippen LogP contribution is 2.08. The van der Waals surface area contributed by atoms with Crippen molar-refractivity contribution in [1.29, 1.82) is 0 Å². The number of carbonyl (C=O) groups excluding carboxylic acids is 13. The molecule has 82 heavy (non-hydrogen) atoms. The van der Waals surface area contributed by atoms with E-state index < -0.39 is 158 Å². The zero-order valence-corrected chi connectivity index (χ0v) is 48.0. The number of aliphatic hydroxyl groups excluding tert-OH is 1. The summed E-state index contributed by atoms with van der Waals surface area (Å²) in [6.45, 7) is 4.73. The molecule has 0 aromatic rings. The summed E-state index contributed by atoms with van der Waals surface area (Å²) in [4.78, 5) is 170. The largest absolute Gasteiger partial charge is 0.462 e. The van der Waals surface area contributed by atoms with E-state index in [9.17, 15) is 83.1 Å². The van der Waals surface area contributed by atoms with Gasteiger partial charge in [-0.2, -0.15) is 0 Å². The predicted molar refractivity (Wildman–Crippen MR) is 289 cm³/mol. The van der Waals surface area contributed by atoms with E-state index in [1.54, 1.807) is 26.0 Å². The normalized spacial score (nSPS) is 22.1. The Morgan fingerprint density at radius 3 is 1.66 bits per heavy atom. The van der Waals surface area contributed by atoms with E-state index in [1.165, 1.54) is 6.92 Å². The summed E-state index contributed by atoms with van der Waals surface area (Å²) < 4.78 is 5.30. The second-order valence-corrected chi connectivity index (χ2v) is 19.9. The molecule has 1 aliphatic heterocycles. The molecule has 7 atom stereocenters. The standard InChI is InChI=1S/C51H87N13O18/c1-8-9-10-11-12-13-14-21-41(69)58-40-30-82-44(72)28-55-47(74)37(19-16-23-63(80)34(6)67)57-42(70)26-53-46(73)32(4)52-25-36(18-15-22-62(79)33(5)66)56-49(76)39(29-65)60-51(78)45(31(2)3)61-43(71)27-54-48(75)38(59-50(40)77)20-17-24-64(81)35(7)68/h13-14,31-32,36-40,45,52,65,79-81H,8-12,15-30H2,1-7H3,(H,53,73)(H,54,75)(H,55,74)(H,56,76)(H,57,70)(H,58,69)(H,59,77)(H,60,78)(H,61,71)/b14-13-/t32-,36?,37?,38?,39-,40-,45+/m0/s1. The van der Waals surface area contributed by atoms with E-state index in [2.05, 4.69) is 60.1 Å². The SMILES string of the molecule is CCCCCC/C=C\CC(=O)N[C@H]1COC(=O)CNC(=O)C(CCCN(O)C(C)=O)NC(=O)CNC(=O)[C@H](C)NCC(CCCN(O)C(C)=O)NC(=O)[C@H](CO)NC(=O)[C@@H](C(C)C)NC(=O)CNC(=O)C(CCCN(O)C(C)=O)NC1=O. The minimum absolute atomic E-state index is 0.0566. The maximum absolute atomic E-state index is 14.0. The summed E-state index contributed by atoms with van der Waals surface area (Å²) in [5, 5.41) is 66.0. The number of hydrogen-bond acceptors (Lipinski definition) is 19. The lowest BCUT2D eigenvalue weighted by molar-refractivity contribution is -0.163. The van der Waals surface area contributed by atoms with Gasteiger partial charge in [0, 0.05) is 59.4 Å². The molecule has 0 aromatic carbocycles. The van der Waals surface area contributed by atoms with Crippen LogP contribution in [-0.2, 0) is 67.1 Å². The van der Waals surface area contributed by atoms with Crippen molar-refractivity contribution in [3.05, 3.63) is 12.2 Å². The van der Waals surface area contributed by atoms with Crippen molar-refractivity contribution >= 4 is 76.9 Å². The fourth-order valence-electron chi connectivity index (χ4n) is 7.61. The van der Waals surface area contributed by atoms with Crippen LogP contribution in [0.3, 0.4) is 0 Å². The fourth-order valence-corrected chi connectivity index (χ4v) is 7.61. The van der Waals surface area contributed by atoms with Gasteiger partial charge >= 0.3 is 5.97 Å². The smallest absolute Gasteiger partial charge is 0.325 e. The van der Waals surface area contributed by atoms with Crippen LogP contribution in [0.1, 0.15) is 126 Å². The molecule has 31 nitrogen and oxygen atoms in total. The van der Waals surface area contributed by atoms with Gasteiger partial charge in [0.25, 0.3) is 0 Å². The highest BCUT2D eigenvalue weighted by molar-refractivity contribution is 5.96. The Morgan fingerprint density at radius 2 is 1.12 bits per heavy atom. The fraction of sp³-hybridized carbons (Fsp3) is 0.706. The van der Waals surface area contributed by atoms with Crippen LogP contribution in [0, 0.1) is 5.92 Å². The van der Waals surface area contributed by atoms with Crippen molar-refractivity contribution in [2.75, 3.05) is 59.0 Å². The first-order valence-corrected chi connectivity index (χ1v) is 27.4. The number of nitrogens with zero attached hydrogens (tertiary/aromatic N) is 3. The quantitative estimate of drug-likeness (QED) is 0.0164. The maximum Gasteiger partial charge on any atom is 0.325 e. The van der Waals surface area contributed by atoms with Crippen molar-refractivity contribution in [1.82, 2.24) is 68.4 Å². The summed E-state index contributed by atoms with van der Waals surface area (Å²) in [6, 6.07) is -9.65. The topological polar surface area (TPSA) is 442 Å². The summed E-state index contributed by atoms with van der Waals surface area (Å²) in [5.74, 6) is -12.1. The molecule has 14 N–H and O–H groups in total. The van der Waals surface area contributed by atoms with Gasteiger partial charge in [0.2, 0.25) is 70.9 Å². The Kier molecular flexibility index (Phi) is 35.4. The average Bonchev–Trinajstić information content (AvgIpc) is 3.43. The van der Waals surface area contributed by atoms with E-state index in [1.807, 2.05) is 0 Å². The minimum atomic E-state index is -1.70. The van der Waals surface area contributed by atoms with Crippen molar-refractivity contribution in [3.8, 4) is 0 Å². The van der Waals surface area contributed by atoms with Crippen molar-refractivity contribution < 1.29 is 87.8 Å². The zero-order chi connectivity index (χ0) is 61.9. The molecule has 0 saturated carbocycles. The predicted octanol–water partition coefficient (Wildman–Crippen LogP) is -3.60. The molecule has 0 aromatic heterocycles. The third-order valence-electron chi connectivity index (χ3n) is 12.5. The number of aliphatic hydroxyl groups is 1. The van der Waals surface area contributed by atoms with Crippen molar-refractivity contribution in [2.24, 2.45) is 5.92 Å². The number of allylic oxidation sites excluding steroid dienone is 1. The molecule has 1 fully saturated rings. The molecule has 31 heteroatoms. The Morgan fingerprint density at radius 1 is 0.610 bits per heavy atom. The number of ether oxygens (including phenoxy) is 1. The molecule has 0 aliphatic carbocycles. The van der Waals surface area contributed by atoms with Gasteiger partial charge in [-0.3, -0.25) is 78.0 Å².